The van der Waals surface area contributed by atoms with E-state index >= 15 is 0 Å². The largest absolute Gasteiger partial charge is 0.352 e. The zero-order valence-corrected chi connectivity index (χ0v) is 17.3. The fourth-order valence-corrected chi connectivity index (χ4v) is 3.04. The van der Waals surface area contributed by atoms with E-state index < -0.39 is 0 Å². The Hall–Kier alpha value is -2.00. The van der Waals surface area contributed by atoms with Crippen LogP contribution in [-0.2, 0) is 0 Å². The van der Waals surface area contributed by atoms with Crippen molar-refractivity contribution < 1.29 is 9.59 Å². The molecule has 5 nitrogen and oxygen atoms in total. The lowest BCUT2D eigenvalue weighted by molar-refractivity contribution is 0.0950. The third kappa shape index (κ3) is 6.06. The molecule has 0 saturated carbocycles. The molecular formula is C19H20IN3O2S. The van der Waals surface area contributed by atoms with Gasteiger partial charge in [0.1, 0.15) is 0 Å². The van der Waals surface area contributed by atoms with Gasteiger partial charge in [0.15, 0.2) is 5.11 Å². The molecule has 0 spiro atoms. The van der Waals surface area contributed by atoms with Crippen LogP contribution in [0.15, 0.2) is 48.5 Å². The van der Waals surface area contributed by atoms with Crippen molar-refractivity contribution in [3.63, 3.8) is 0 Å². The van der Waals surface area contributed by atoms with Crippen molar-refractivity contribution in [1.82, 2.24) is 10.6 Å². The predicted molar refractivity (Wildman–Crippen MR) is 117 cm³/mol. The van der Waals surface area contributed by atoms with Crippen molar-refractivity contribution in [2.75, 3.05) is 11.9 Å². The van der Waals surface area contributed by atoms with Crippen LogP contribution in [0.1, 0.15) is 40.5 Å². The van der Waals surface area contributed by atoms with Gasteiger partial charge < -0.3 is 10.6 Å². The lowest BCUT2D eigenvalue weighted by Crippen LogP contribution is -2.34. The van der Waals surface area contributed by atoms with Crippen LogP contribution in [0.2, 0.25) is 0 Å². The van der Waals surface area contributed by atoms with Crippen LogP contribution < -0.4 is 16.0 Å². The highest BCUT2D eigenvalue weighted by Crippen LogP contribution is 2.13. The van der Waals surface area contributed by atoms with Gasteiger partial charge in [-0.1, -0.05) is 31.5 Å². The summed E-state index contributed by atoms with van der Waals surface area (Å²) < 4.78 is 0.844. The summed E-state index contributed by atoms with van der Waals surface area (Å²) in [6.45, 7) is 2.72. The molecule has 136 valence electrons. The van der Waals surface area contributed by atoms with E-state index in [-0.39, 0.29) is 16.9 Å². The van der Waals surface area contributed by atoms with E-state index in [2.05, 4.69) is 45.5 Å². The number of amides is 2. The highest BCUT2D eigenvalue weighted by molar-refractivity contribution is 14.1. The van der Waals surface area contributed by atoms with Crippen molar-refractivity contribution in [2.24, 2.45) is 0 Å². The molecule has 0 radical (unpaired) electrons. The smallest absolute Gasteiger partial charge is 0.258 e. The molecule has 26 heavy (non-hydrogen) atoms. The first-order chi connectivity index (χ1) is 12.5. The first-order valence-corrected chi connectivity index (χ1v) is 9.75. The molecule has 3 N–H and O–H groups in total. The van der Waals surface area contributed by atoms with E-state index in [1.165, 1.54) is 0 Å². The second kappa shape index (κ2) is 10.2. The zero-order valence-electron chi connectivity index (χ0n) is 14.3. The van der Waals surface area contributed by atoms with Gasteiger partial charge in [-0.25, -0.2) is 0 Å². The fourth-order valence-electron chi connectivity index (χ4n) is 2.20. The van der Waals surface area contributed by atoms with Gasteiger partial charge in [-0.3, -0.25) is 14.9 Å². The van der Waals surface area contributed by atoms with Crippen molar-refractivity contribution >= 4 is 57.4 Å². The van der Waals surface area contributed by atoms with Gasteiger partial charge >= 0.3 is 0 Å². The minimum absolute atomic E-state index is 0.129. The first kappa shape index (κ1) is 20.3. The van der Waals surface area contributed by atoms with Crippen LogP contribution in [0, 0.1) is 3.57 Å². The topological polar surface area (TPSA) is 70.2 Å². The first-order valence-electron chi connectivity index (χ1n) is 8.26. The summed E-state index contributed by atoms with van der Waals surface area (Å²) in [7, 11) is 0. The van der Waals surface area contributed by atoms with Crippen LogP contribution in [0.25, 0.3) is 0 Å². The Balaban J connectivity index is 1.96. The molecule has 0 unspecified atom stereocenters. The number of nitrogens with one attached hydrogen (secondary N) is 3. The number of unbranched alkanes of at least 4 members (excludes halogenated alkanes) is 1. The summed E-state index contributed by atoms with van der Waals surface area (Å²) >= 11 is 7.31. The fraction of sp³-hybridized carbons (Fsp3) is 0.211. The number of rotatable bonds is 6. The van der Waals surface area contributed by atoms with Crippen LogP contribution in [0.3, 0.4) is 0 Å². The van der Waals surface area contributed by atoms with Crippen LogP contribution in [0.4, 0.5) is 5.69 Å². The van der Waals surface area contributed by atoms with Gasteiger partial charge in [-0.15, -0.1) is 0 Å². The molecule has 2 aromatic carbocycles. The number of thiocarbonyl (C=S) groups is 1. The van der Waals surface area contributed by atoms with Crippen LogP contribution >= 0.6 is 34.8 Å². The molecule has 2 rings (SSSR count). The zero-order chi connectivity index (χ0) is 18.9. The molecular weight excluding hydrogens is 461 g/mol. The maximum absolute atomic E-state index is 12.3. The van der Waals surface area contributed by atoms with E-state index in [0.29, 0.717) is 23.4 Å². The van der Waals surface area contributed by atoms with Gasteiger partial charge in [-0.05, 0) is 71.6 Å². The third-order valence-corrected chi connectivity index (χ3v) is 4.69. The molecule has 2 aromatic rings. The summed E-state index contributed by atoms with van der Waals surface area (Å²) in [5.41, 5.74) is 1.74. The van der Waals surface area contributed by atoms with Gasteiger partial charge in [0.25, 0.3) is 11.8 Å². The van der Waals surface area contributed by atoms with Gasteiger partial charge in [0, 0.05) is 21.4 Å². The molecule has 0 aliphatic rings. The van der Waals surface area contributed by atoms with E-state index in [1.54, 1.807) is 36.4 Å². The molecule has 0 atom stereocenters. The molecule has 0 bridgehead atoms. The SMILES string of the molecule is CCCCNC(=O)c1cccc(NC(=S)NC(=O)c2ccccc2I)c1. The van der Waals surface area contributed by atoms with Crippen LogP contribution in [-0.4, -0.2) is 23.5 Å². The molecule has 0 aromatic heterocycles. The van der Waals surface area contributed by atoms with Crippen molar-refractivity contribution in [2.45, 2.75) is 19.8 Å². The van der Waals surface area contributed by atoms with Crippen LogP contribution in [0.5, 0.6) is 0 Å². The molecule has 2 amide bonds. The monoisotopic (exact) mass is 481 g/mol. The van der Waals surface area contributed by atoms with Gasteiger partial charge in [0.2, 0.25) is 0 Å². The second-order valence-corrected chi connectivity index (χ2v) is 7.15. The van der Waals surface area contributed by atoms with E-state index in [1.807, 2.05) is 12.1 Å². The Morgan fingerprint density at radius 2 is 1.85 bits per heavy atom. The maximum Gasteiger partial charge on any atom is 0.258 e. The molecule has 7 heteroatoms. The van der Waals surface area contributed by atoms with E-state index in [0.717, 1.165) is 16.4 Å². The Labute approximate surface area is 172 Å². The summed E-state index contributed by atoms with van der Waals surface area (Å²) in [6, 6.07) is 14.2. The Morgan fingerprint density at radius 1 is 1.08 bits per heavy atom. The second-order valence-electron chi connectivity index (χ2n) is 5.58. The lowest BCUT2D eigenvalue weighted by Gasteiger charge is -2.11. The summed E-state index contributed by atoms with van der Waals surface area (Å²) in [5.74, 6) is -0.406. The molecule has 0 fully saturated rings. The lowest BCUT2D eigenvalue weighted by atomic mass is 10.2. The van der Waals surface area contributed by atoms with Gasteiger partial charge in [-0.2, -0.15) is 0 Å². The minimum Gasteiger partial charge on any atom is -0.352 e. The summed E-state index contributed by atoms with van der Waals surface area (Å²) in [5, 5.41) is 8.64. The third-order valence-electron chi connectivity index (χ3n) is 3.54. The Bertz CT molecular complexity index is 811. The average Bonchev–Trinajstić information content (AvgIpc) is 2.62. The summed E-state index contributed by atoms with van der Waals surface area (Å²) in [4.78, 5) is 24.4. The quantitative estimate of drug-likeness (QED) is 0.332. The number of benzene rings is 2. The van der Waals surface area contributed by atoms with Crippen molar-refractivity contribution in [3.8, 4) is 0 Å². The Morgan fingerprint density at radius 3 is 2.58 bits per heavy atom. The van der Waals surface area contributed by atoms with Crippen molar-refractivity contribution in [3.05, 3.63) is 63.2 Å². The highest BCUT2D eigenvalue weighted by atomic mass is 127. The molecule has 0 saturated heterocycles. The number of carbonyl (C=O) groups excluding carboxylic acids is 2. The van der Waals surface area contributed by atoms with E-state index in [9.17, 15) is 9.59 Å². The number of halogens is 1. The Kier molecular flexibility index (Phi) is 7.99. The highest BCUT2D eigenvalue weighted by Gasteiger charge is 2.11. The summed E-state index contributed by atoms with van der Waals surface area (Å²) in [6.07, 6.45) is 1.97. The normalized spacial score (nSPS) is 10.1. The number of carbonyl (C=O) groups is 2. The number of anilines is 1. The van der Waals surface area contributed by atoms with E-state index in [4.69, 9.17) is 12.2 Å². The average molecular weight is 481 g/mol. The number of hydrogen-bond acceptors (Lipinski definition) is 3. The standard InChI is InChI=1S/C19H20IN3O2S/c1-2-3-11-21-17(24)13-7-6-8-14(12-13)22-19(26)23-18(25)15-9-4-5-10-16(15)20/h4-10,12H,2-3,11H2,1H3,(H,21,24)(H2,22,23,25,26). The van der Waals surface area contributed by atoms with Crippen molar-refractivity contribution in [1.29, 1.82) is 0 Å². The molecule has 0 aliphatic heterocycles. The molecule has 0 aliphatic carbocycles. The molecule has 0 heterocycles. The maximum atomic E-state index is 12.3. The van der Waals surface area contributed by atoms with Gasteiger partial charge in [0.05, 0.1) is 5.56 Å². The minimum atomic E-state index is -0.277. The predicted octanol–water partition coefficient (Wildman–Crippen LogP) is 3.95. The number of hydrogen-bond donors (Lipinski definition) is 3.